The molecule has 0 aliphatic heterocycles. The number of carbonyl (C=O) groups is 1. The molecule has 134 valence electrons. The number of carbonyl (C=O) groups excluding carboxylic acids is 1. The van der Waals surface area contributed by atoms with E-state index in [4.69, 9.17) is 4.42 Å². The molecule has 4 rings (SSSR count). The van der Waals surface area contributed by atoms with Crippen LogP contribution in [0.25, 0.3) is 11.0 Å². The third kappa shape index (κ3) is 3.50. The van der Waals surface area contributed by atoms with Gasteiger partial charge in [-0.2, -0.15) is 5.10 Å². The molecular formula is C21H17N3O3. The number of nitrogens with zero attached hydrogens (tertiary/aromatic N) is 2. The van der Waals surface area contributed by atoms with E-state index in [0.717, 1.165) is 11.3 Å². The summed E-state index contributed by atoms with van der Waals surface area (Å²) in [6.45, 7) is 2.36. The van der Waals surface area contributed by atoms with E-state index in [2.05, 4.69) is 10.4 Å². The van der Waals surface area contributed by atoms with Crippen LogP contribution in [0.1, 0.15) is 21.6 Å². The summed E-state index contributed by atoms with van der Waals surface area (Å²) in [5.74, 6) is -0.00220. The van der Waals surface area contributed by atoms with Gasteiger partial charge in [0.2, 0.25) is 0 Å². The molecule has 4 aromatic rings. The lowest BCUT2D eigenvalue weighted by atomic mass is 10.2. The number of aromatic nitrogens is 2. The number of aryl methyl sites for hydroxylation is 1. The minimum Gasteiger partial charge on any atom is -0.422 e. The van der Waals surface area contributed by atoms with Gasteiger partial charge in [-0.25, -0.2) is 9.48 Å². The first-order valence-corrected chi connectivity index (χ1v) is 8.53. The summed E-state index contributed by atoms with van der Waals surface area (Å²) in [4.78, 5) is 24.9. The molecule has 0 unspecified atom stereocenters. The van der Waals surface area contributed by atoms with Crippen molar-refractivity contribution in [2.24, 2.45) is 0 Å². The first-order chi connectivity index (χ1) is 13.1. The molecule has 0 fully saturated rings. The molecule has 0 aliphatic rings. The molecule has 0 atom stereocenters. The fraction of sp³-hybridized carbons (Fsp3) is 0.0952. The number of nitrogens with one attached hydrogen (secondary N) is 1. The molecule has 0 bridgehead atoms. The van der Waals surface area contributed by atoms with Crippen molar-refractivity contribution >= 4 is 22.7 Å². The van der Waals surface area contributed by atoms with Gasteiger partial charge < -0.3 is 9.73 Å². The number of amides is 1. The van der Waals surface area contributed by atoms with E-state index in [0.29, 0.717) is 23.3 Å². The predicted molar refractivity (Wildman–Crippen MR) is 103 cm³/mol. The minimum absolute atomic E-state index is 0.0428. The van der Waals surface area contributed by atoms with E-state index in [1.54, 1.807) is 35.0 Å². The predicted octanol–water partition coefficient (Wildman–Crippen LogP) is 3.60. The zero-order chi connectivity index (χ0) is 18.8. The highest BCUT2D eigenvalue weighted by Crippen LogP contribution is 2.16. The minimum atomic E-state index is -0.669. The van der Waals surface area contributed by atoms with Crippen molar-refractivity contribution < 1.29 is 9.21 Å². The maximum atomic E-state index is 12.7. The van der Waals surface area contributed by atoms with Crippen LogP contribution in [0.15, 0.2) is 75.9 Å². The number of anilines is 1. The van der Waals surface area contributed by atoms with Crippen LogP contribution in [-0.2, 0) is 6.54 Å². The smallest absolute Gasteiger partial charge is 0.349 e. The maximum Gasteiger partial charge on any atom is 0.349 e. The standard InChI is InChI=1S/C21H17N3O3/c1-14-11-19(24(23-14)13-15-7-3-2-4-8-15)22-20(25)17-12-16-9-5-6-10-18(16)27-21(17)26/h2-12H,13H2,1H3,(H,22,25). The van der Waals surface area contributed by atoms with Crippen LogP contribution in [0.3, 0.4) is 0 Å². The molecule has 0 saturated carbocycles. The summed E-state index contributed by atoms with van der Waals surface area (Å²) in [6, 6.07) is 20.2. The highest BCUT2D eigenvalue weighted by Gasteiger charge is 2.16. The first-order valence-electron chi connectivity index (χ1n) is 8.53. The summed E-state index contributed by atoms with van der Waals surface area (Å²) >= 11 is 0. The lowest BCUT2D eigenvalue weighted by molar-refractivity contribution is 0.102. The van der Waals surface area contributed by atoms with Crippen molar-refractivity contribution in [3.05, 3.63) is 94.0 Å². The number of benzene rings is 2. The molecule has 2 aromatic heterocycles. The zero-order valence-corrected chi connectivity index (χ0v) is 14.7. The third-order valence-electron chi connectivity index (χ3n) is 4.20. The molecule has 1 amide bonds. The van der Waals surface area contributed by atoms with Gasteiger partial charge in [0.25, 0.3) is 5.91 Å². The van der Waals surface area contributed by atoms with Crippen LogP contribution >= 0.6 is 0 Å². The summed E-state index contributed by atoms with van der Waals surface area (Å²) in [5, 5.41) is 7.89. The number of para-hydroxylation sites is 1. The molecule has 27 heavy (non-hydrogen) atoms. The normalized spacial score (nSPS) is 10.9. The van der Waals surface area contributed by atoms with Gasteiger partial charge >= 0.3 is 5.63 Å². The fourth-order valence-corrected chi connectivity index (χ4v) is 2.93. The second kappa shape index (κ2) is 6.92. The zero-order valence-electron chi connectivity index (χ0n) is 14.7. The van der Waals surface area contributed by atoms with Gasteiger partial charge in [0.1, 0.15) is 17.0 Å². The van der Waals surface area contributed by atoms with Crippen molar-refractivity contribution in [3.8, 4) is 0 Å². The average Bonchev–Trinajstić information content (AvgIpc) is 3.00. The van der Waals surface area contributed by atoms with Crippen LogP contribution in [0, 0.1) is 6.92 Å². The Balaban J connectivity index is 1.64. The highest BCUT2D eigenvalue weighted by molar-refractivity contribution is 6.05. The molecule has 6 nitrogen and oxygen atoms in total. The Morgan fingerprint density at radius 1 is 1.07 bits per heavy atom. The Morgan fingerprint density at radius 2 is 1.81 bits per heavy atom. The number of rotatable bonds is 4. The molecule has 0 saturated heterocycles. The second-order valence-electron chi connectivity index (χ2n) is 6.25. The maximum absolute atomic E-state index is 12.7. The van der Waals surface area contributed by atoms with Crippen molar-refractivity contribution in [2.45, 2.75) is 13.5 Å². The first kappa shape index (κ1) is 16.8. The van der Waals surface area contributed by atoms with Gasteiger partial charge in [0, 0.05) is 11.5 Å². The van der Waals surface area contributed by atoms with Crippen molar-refractivity contribution in [2.75, 3.05) is 5.32 Å². The van der Waals surface area contributed by atoms with Gasteiger partial charge in [-0.05, 0) is 24.6 Å². The summed E-state index contributed by atoms with van der Waals surface area (Å²) in [7, 11) is 0. The molecule has 0 radical (unpaired) electrons. The van der Waals surface area contributed by atoms with Gasteiger partial charge in [-0.15, -0.1) is 0 Å². The average molecular weight is 359 g/mol. The summed E-state index contributed by atoms with van der Waals surface area (Å²) in [5.41, 5.74) is 1.56. The lowest BCUT2D eigenvalue weighted by Crippen LogP contribution is -2.22. The fourth-order valence-electron chi connectivity index (χ4n) is 2.93. The van der Waals surface area contributed by atoms with Gasteiger partial charge in [0.15, 0.2) is 0 Å². The van der Waals surface area contributed by atoms with Crippen LogP contribution in [0.5, 0.6) is 0 Å². The molecule has 0 aliphatic carbocycles. The molecule has 2 heterocycles. The van der Waals surface area contributed by atoms with Gasteiger partial charge in [-0.1, -0.05) is 48.5 Å². The summed E-state index contributed by atoms with van der Waals surface area (Å²) in [6.07, 6.45) is 0. The van der Waals surface area contributed by atoms with Crippen LogP contribution in [0.4, 0.5) is 5.82 Å². The summed E-state index contributed by atoms with van der Waals surface area (Å²) < 4.78 is 6.94. The Bertz CT molecular complexity index is 1180. The monoisotopic (exact) mass is 359 g/mol. The second-order valence-corrected chi connectivity index (χ2v) is 6.25. The van der Waals surface area contributed by atoms with Gasteiger partial charge in [0.05, 0.1) is 12.2 Å². The van der Waals surface area contributed by atoms with E-state index in [1.807, 2.05) is 43.3 Å². The van der Waals surface area contributed by atoms with E-state index in [9.17, 15) is 9.59 Å². The van der Waals surface area contributed by atoms with Crippen molar-refractivity contribution in [3.63, 3.8) is 0 Å². The quantitative estimate of drug-likeness (QED) is 0.565. The van der Waals surface area contributed by atoms with E-state index in [1.165, 1.54) is 0 Å². The van der Waals surface area contributed by atoms with Crippen LogP contribution < -0.4 is 10.9 Å². The SMILES string of the molecule is Cc1cc(NC(=O)c2cc3ccccc3oc2=O)n(Cc2ccccc2)n1. The number of fused-ring (bicyclic) bond motifs is 1. The Morgan fingerprint density at radius 3 is 2.63 bits per heavy atom. The van der Waals surface area contributed by atoms with Gasteiger partial charge in [-0.3, -0.25) is 4.79 Å². The van der Waals surface area contributed by atoms with E-state index >= 15 is 0 Å². The van der Waals surface area contributed by atoms with Crippen molar-refractivity contribution in [1.82, 2.24) is 9.78 Å². The van der Waals surface area contributed by atoms with E-state index in [-0.39, 0.29) is 5.56 Å². The molecule has 2 aromatic carbocycles. The van der Waals surface area contributed by atoms with Crippen molar-refractivity contribution in [1.29, 1.82) is 0 Å². The van der Waals surface area contributed by atoms with Crippen LogP contribution in [-0.4, -0.2) is 15.7 Å². The molecule has 0 spiro atoms. The molecule has 6 heteroatoms. The Labute approximate surface area is 155 Å². The number of hydrogen-bond donors (Lipinski definition) is 1. The van der Waals surface area contributed by atoms with Crippen LogP contribution in [0.2, 0.25) is 0 Å². The Hall–Kier alpha value is -3.67. The largest absolute Gasteiger partial charge is 0.422 e. The highest BCUT2D eigenvalue weighted by atomic mass is 16.4. The third-order valence-corrected chi connectivity index (χ3v) is 4.20. The lowest BCUT2D eigenvalue weighted by Gasteiger charge is -2.09. The number of hydrogen-bond acceptors (Lipinski definition) is 4. The van der Waals surface area contributed by atoms with E-state index < -0.39 is 11.5 Å². The topological polar surface area (TPSA) is 77.1 Å². The Kier molecular flexibility index (Phi) is 4.30. The molecular weight excluding hydrogens is 342 g/mol. The molecule has 1 N–H and O–H groups in total.